The minimum Gasteiger partial charge on any atom is -0.505 e. The molecule has 0 radical (unpaired) electrons. The number of halogens is 9. The fourth-order valence-corrected chi connectivity index (χ4v) is 4.49. The highest BCUT2D eigenvalue weighted by Crippen LogP contribution is 2.43. The first-order valence-corrected chi connectivity index (χ1v) is 13.2. The van der Waals surface area contributed by atoms with Gasteiger partial charge in [-0.15, -0.1) is 10.2 Å². The van der Waals surface area contributed by atoms with Crippen LogP contribution in [0.2, 0.25) is 5.02 Å². The molecule has 5 aromatic rings. The molecule has 0 unspecified atom stereocenters. The predicted octanol–water partition coefficient (Wildman–Crippen LogP) is 4.83. The van der Waals surface area contributed by atoms with Gasteiger partial charge in [-0.2, -0.15) is 45.0 Å². The van der Waals surface area contributed by atoms with Gasteiger partial charge in [-0.1, -0.05) is 11.6 Å². The molecule has 3 N–H and O–H groups in total. The number of nitrogens with one attached hydrogen (secondary N) is 2. The van der Waals surface area contributed by atoms with E-state index in [1.165, 1.54) is 18.3 Å². The van der Waals surface area contributed by atoms with Gasteiger partial charge < -0.3 is 14.8 Å². The number of benzene rings is 1. The van der Waals surface area contributed by atoms with Gasteiger partial charge >= 0.3 is 24.4 Å². The highest BCUT2D eigenvalue weighted by Gasteiger charge is 2.62. The van der Waals surface area contributed by atoms with Gasteiger partial charge in [-0.25, -0.2) is 19.5 Å². The Bertz CT molecular complexity index is 2040. The third-order valence-electron chi connectivity index (χ3n) is 6.52. The van der Waals surface area contributed by atoms with Gasteiger partial charge in [0.25, 0.3) is 11.7 Å². The molecule has 2 amide bonds. The zero-order valence-electron chi connectivity index (χ0n) is 23.8. The molecule has 0 aliphatic heterocycles. The summed E-state index contributed by atoms with van der Waals surface area (Å²) in [5.74, 6) is -9.56. The molecular formula is C25H17ClF8N10O4. The van der Waals surface area contributed by atoms with Crippen molar-refractivity contribution in [1.82, 2.24) is 50.4 Å². The summed E-state index contributed by atoms with van der Waals surface area (Å²) in [6.07, 6.45) is -10.8. The van der Waals surface area contributed by atoms with Crippen LogP contribution in [0, 0.1) is 0 Å². The minimum absolute atomic E-state index is 0.0414. The lowest BCUT2D eigenvalue weighted by atomic mass is 10.0. The van der Waals surface area contributed by atoms with Crippen molar-refractivity contribution in [1.29, 1.82) is 0 Å². The summed E-state index contributed by atoms with van der Waals surface area (Å²) >= 11 is 6.28. The molecule has 14 nitrogen and oxygen atoms in total. The summed E-state index contributed by atoms with van der Waals surface area (Å²) in [5, 5.41) is 24.5. The highest BCUT2D eigenvalue weighted by molar-refractivity contribution is 6.32. The number of methoxy groups -OCH3 is 1. The maximum absolute atomic E-state index is 13.9. The number of rotatable bonds is 6. The molecule has 254 valence electrons. The van der Waals surface area contributed by atoms with Crippen LogP contribution < -0.4 is 5.43 Å². The summed E-state index contributed by atoms with van der Waals surface area (Å²) in [6, 6.07) is 4.96. The fourth-order valence-electron chi connectivity index (χ4n) is 4.29. The van der Waals surface area contributed by atoms with E-state index in [9.17, 15) is 49.8 Å². The van der Waals surface area contributed by atoms with Gasteiger partial charge in [0, 0.05) is 18.6 Å². The zero-order valence-corrected chi connectivity index (χ0v) is 24.6. The molecule has 0 fully saturated rings. The van der Waals surface area contributed by atoms with Crippen molar-refractivity contribution in [2.75, 3.05) is 14.2 Å². The van der Waals surface area contributed by atoms with E-state index in [1.54, 1.807) is 0 Å². The van der Waals surface area contributed by atoms with Crippen LogP contribution in [0.3, 0.4) is 0 Å². The number of hydrogen-bond acceptors (Lipinski definition) is 9. The van der Waals surface area contributed by atoms with E-state index in [2.05, 4.69) is 35.2 Å². The molecule has 0 bridgehead atoms. The molecule has 0 saturated heterocycles. The topological polar surface area (TPSA) is 169 Å². The molecule has 4 heterocycles. The highest BCUT2D eigenvalue weighted by atomic mass is 35.5. The van der Waals surface area contributed by atoms with Crippen molar-refractivity contribution < 1.29 is 54.6 Å². The van der Waals surface area contributed by atoms with Crippen LogP contribution in [0.1, 0.15) is 27.4 Å². The van der Waals surface area contributed by atoms with E-state index < -0.39 is 64.9 Å². The first-order valence-electron chi connectivity index (χ1n) is 12.8. The lowest BCUT2D eigenvalue weighted by molar-refractivity contribution is -0.292. The van der Waals surface area contributed by atoms with Crippen LogP contribution in [0.25, 0.3) is 28.1 Å². The number of hydrogen-bond donors (Lipinski definition) is 3. The van der Waals surface area contributed by atoms with Crippen molar-refractivity contribution >= 4 is 34.5 Å². The van der Waals surface area contributed by atoms with Crippen molar-refractivity contribution in [3.8, 4) is 23.0 Å². The maximum Gasteiger partial charge on any atom is 0.461 e. The molecule has 48 heavy (non-hydrogen) atoms. The number of tetrazole rings is 1. The summed E-state index contributed by atoms with van der Waals surface area (Å²) in [7, 11) is 2.05. The number of amides is 2. The van der Waals surface area contributed by atoms with E-state index in [0.29, 0.717) is 21.9 Å². The van der Waals surface area contributed by atoms with Gasteiger partial charge in [0.15, 0.2) is 11.6 Å². The molecule has 4 aromatic heterocycles. The number of fused-ring (bicyclic) bond motifs is 1. The largest absolute Gasteiger partial charge is 0.505 e. The van der Waals surface area contributed by atoms with E-state index in [-0.39, 0.29) is 33.4 Å². The molecule has 5 rings (SSSR count). The Balaban J connectivity index is 1.67. The number of hydrazine groups is 1. The first kappa shape index (κ1) is 33.8. The van der Waals surface area contributed by atoms with Gasteiger partial charge in [0.1, 0.15) is 12.2 Å². The number of alkyl halides is 8. The van der Waals surface area contributed by atoms with Gasteiger partial charge in [-0.3, -0.25) is 10.2 Å². The number of carbonyl (C=O) groups is 2. The Hall–Kier alpha value is -5.54. The fraction of sp³-hybridized carbons (Fsp3) is 0.240. The smallest absolute Gasteiger partial charge is 0.461 e. The summed E-state index contributed by atoms with van der Waals surface area (Å²) in [4.78, 5) is 32.0. The molecule has 0 atom stereocenters. The quantitative estimate of drug-likeness (QED) is 0.165. The molecular weight excluding hydrogens is 692 g/mol. The number of carbonyl (C=O) groups excluding carboxylic acids is 2. The van der Waals surface area contributed by atoms with Crippen LogP contribution in [0.15, 0.2) is 36.5 Å². The Morgan fingerprint density at radius 1 is 1.10 bits per heavy atom. The van der Waals surface area contributed by atoms with Crippen molar-refractivity contribution in [2.24, 2.45) is 0 Å². The van der Waals surface area contributed by atoms with Crippen molar-refractivity contribution in [3.05, 3.63) is 64.2 Å². The Morgan fingerprint density at radius 3 is 2.44 bits per heavy atom. The lowest BCUT2D eigenvalue weighted by Gasteiger charge is -2.17. The van der Waals surface area contributed by atoms with Gasteiger partial charge in [-0.05, 0) is 35.5 Å². The Kier molecular flexibility index (Phi) is 8.40. The normalized spacial score (nSPS) is 12.4. The first-order chi connectivity index (χ1) is 22.3. The zero-order chi connectivity index (χ0) is 35.3. The summed E-state index contributed by atoms with van der Waals surface area (Å²) < 4.78 is 113. The Morgan fingerprint density at radius 2 is 1.81 bits per heavy atom. The predicted molar refractivity (Wildman–Crippen MR) is 145 cm³/mol. The maximum atomic E-state index is 13.9. The second-order valence-corrected chi connectivity index (χ2v) is 10.1. The second-order valence-electron chi connectivity index (χ2n) is 9.72. The molecule has 0 aliphatic carbocycles. The number of nitrogens with zero attached hydrogens (tertiary/aromatic N) is 8. The van der Waals surface area contributed by atoms with Crippen LogP contribution >= 0.6 is 11.6 Å². The average molecular weight is 709 g/mol. The molecule has 1 aromatic carbocycles. The number of aromatic amines is 1. The van der Waals surface area contributed by atoms with Crippen molar-refractivity contribution in [3.63, 3.8) is 0 Å². The number of aromatic nitrogens is 8. The van der Waals surface area contributed by atoms with Crippen LogP contribution in [-0.2, 0) is 23.4 Å². The molecule has 0 spiro atoms. The summed E-state index contributed by atoms with van der Waals surface area (Å²) in [6.45, 7) is -0.682. The molecule has 0 saturated carbocycles. The Labute approximate surface area is 265 Å². The number of ether oxygens (including phenoxy) is 1. The number of aromatic hydroxyl groups is 1. The van der Waals surface area contributed by atoms with Gasteiger partial charge in [0.05, 0.1) is 40.2 Å². The van der Waals surface area contributed by atoms with Crippen LogP contribution in [0.5, 0.6) is 5.75 Å². The van der Waals surface area contributed by atoms with E-state index >= 15 is 0 Å². The minimum atomic E-state index is -6.02. The monoisotopic (exact) mass is 708 g/mol. The third kappa shape index (κ3) is 6.12. The third-order valence-corrected chi connectivity index (χ3v) is 6.81. The van der Waals surface area contributed by atoms with Crippen LogP contribution in [-0.4, -0.2) is 82.4 Å². The van der Waals surface area contributed by atoms with E-state index in [4.69, 9.17) is 11.6 Å². The van der Waals surface area contributed by atoms with E-state index in [1.807, 2.05) is 5.43 Å². The average Bonchev–Trinajstić information content (AvgIpc) is 3.73. The lowest BCUT2D eigenvalue weighted by Crippen LogP contribution is -2.43. The number of H-pyrrole nitrogens is 1. The van der Waals surface area contributed by atoms with E-state index in [0.717, 1.165) is 24.9 Å². The number of pyridine rings is 1. The second kappa shape index (κ2) is 11.9. The van der Waals surface area contributed by atoms with Gasteiger partial charge in [0.2, 0.25) is 0 Å². The SMILES string of the molecule is COC(=O)N(C)NC(=O)c1cc(C(F)(F)F)cc2c(O)c(-c3cc(Cn4nnc(C(F)(F)C(F)(F)F)n4)nn3-c3ncccc3Cl)[nH]c12. The van der Waals surface area contributed by atoms with Crippen molar-refractivity contribution in [2.45, 2.75) is 24.8 Å². The summed E-state index contributed by atoms with van der Waals surface area (Å²) in [5.41, 5.74) is -1.05. The standard InChI is InChI=1S/C25H17ClF8N10O4/c1-42(22(47)48-2)39-20(46)13-7-10(24(29,30)31)6-12-16(13)36-17(18(12)45)15-8-11(38-44(15)19-14(26)4-3-5-35-19)9-43-40-21(37-41-43)23(27,28)25(32,33)34/h3-8,36,45H,9H2,1-2H3,(H,39,46). The molecule has 23 heteroatoms. The van der Waals surface area contributed by atoms with Crippen LogP contribution in [0.4, 0.5) is 39.9 Å². The molecule has 0 aliphatic rings.